The second-order valence-corrected chi connectivity index (χ2v) is 14.6. The zero-order valence-electron chi connectivity index (χ0n) is 23.7. The first-order chi connectivity index (χ1) is 16.5. The van der Waals surface area contributed by atoms with E-state index in [4.69, 9.17) is 5.11 Å². The first-order valence-electron chi connectivity index (χ1n) is 14.4. The van der Waals surface area contributed by atoms with Gasteiger partial charge in [-0.05, 0) is 96.7 Å². The molecule has 0 spiro atoms. The fourth-order valence-corrected chi connectivity index (χ4v) is 10.9. The van der Waals surface area contributed by atoms with Gasteiger partial charge in [-0.15, -0.1) is 0 Å². The fourth-order valence-electron chi connectivity index (χ4n) is 10.9. The molecule has 0 unspecified atom stereocenters. The molecule has 0 saturated heterocycles. The van der Waals surface area contributed by atoms with Crippen LogP contribution in [0.25, 0.3) is 0 Å². The molecule has 4 N–H and O–H groups in total. The molecular weight excluding hydrogens is 454 g/mol. The highest BCUT2D eigenvalue weighted by Gasteiger charge is 2.78. The van der Waals surface area contributed by atoms with E-state index < -0.39 is 12.1 Å². The van der Waals surface area contributed by atoms with Crippen LogP contribution < -0.4 is 5.32 Å². The molecule has 36 heavy (non-hydrogen) atoms. The molecular formula is C30H51NO5. The zero-order valence-corrected chi connectivity index (χ0v) is 23.7. The van der Waals surface area contributed by atoms with Crippen LogP contribution in [0.1, 0.15) is 113 Å². The summed E-state index contributed by atoms with van der Waals surface area (Å²) in [5.41, 5.74) is -0.0951. The Hall–Kier alpha value is -1.14. The van der Waals surface area contributed by atoms with Crippen molar-refractivity contribution in [2.75, 3.05) is 6.54 Å². The number of rotatable bonds is 6. The van der Waals surface area contributed by atoms with Crippen LogP contribution in [-0.2, 0) is 9.59 Å². The van der Waals surface area contributed by atoms with Crippen molar-refractivity contribution >= 4 is 11.9 Å². The number of aliphatic carboxylic acids is 1. The number of aliphatic hydroxyl groups is 2. The van der Waals surface area contributed by atoms with Gasteiger partial charge in [-0.2, -0.15) is 0 Å². The molecule has 6 heteroatoms. The summed E-state index contributed by atoms with van der Waals surface area (Å²) in [6.45, 7) is 16.6. The minimum atomic E-state index is -1.03. The fraction of sp³-hybridized carbons (Fsp3) is 0.933. The van der Waals surface area contributed by atoms with Gasteiger partial charge < -0.3 is 20.6 Å². The Balaban J connectivity index is 1.63. The molecule has 10 atom stereocenters. The first kappa shape index (κ1) is 27.9. The number of carbonyl (C=O) groups excluding carboxylic acids is 1. The van der Waals surface area contributed by atoms with Crippen LogP contribution in [0, 0.1) is 44.3 Å². The molecule has 0 aromatic heterocycles. The molecule has 4 aliphatic rings. The Labute approximate surface area is 218 Å². The summed E-state index contributed by atoms with van der Waals surface area (Å²) < 4.78 is 0. The lowest BCUT2D eigenvalue weighted by atomic mass is 9.27. The average molecular weight is 506 g/mol. The van der Waals surface area contributed by atoms with Gasteiger partial charge in [0, 0.05) is 11.8 Å². The summed E-state index contributed by atoms with van der Waals surface area (Å²) in [7, 11) is 0. The van der Waals surface area contributed by atoms with Gasteiger partial charge in [-0.25, -0.2) is 0 Å². The van der Waals surface area contributed by atoms with Gasteiger partial charge in [0.15, 0.2) is 0 Å². The minimum absolute atomic E-state index is 0.0304. The standard InChI is InChI=1S/C30H51NO5/c1-19(8-9-23(34)31-18-24(35)36)21-11-13-28(5)27(4)15-14-25(2)16-20(32)10-12-26(25,3)29(27,6)17-22(33)30(21,28)7/h19-22,32-33H,8-18H2,1-7H3,(H,31,34)(H,35,36)/t19-,20-,21-,22+,25-,26+,27+,28+,29-,30+/m1/s1. The van der Waals surface area contributed by atoms with Crippen LogP contribution in [0.2, 0.25) is 0 Å². The maximum absolute atomic E-state index is 12.2. The number of carboxylic acid groups (broad SMARTS) is 1. The Kier molecular flexibility index (Phi) is 6.73. The van der Waals surface area contributed by atoms with Crippen molar-refractivity contribution in [3.63, 3.8) is 0 Å². The third-order valence-corrected chi connectivity index (χ3v) is 14.0. The number of carboxylic acids is 1. The van der Waals surface area contributed by atoms with Gasteiger partial charge in [-0.3, -0.25) is 9.59 Å². The summed E-state index contributed by atoms with van der Waals surface area (Å²) in [5, 5.41) is 34.0. The number of amides is 1. The van der Waals surface area contributed by atoms with Gasteiger partial charge in [0.05, 0.1) is 12.2 Å². The van der Waals surface area contributed by atoms with E-state index in [0.717, 1.165) is 51.4 Å². The quantitative estimate of drug-likeness (QED) is 0.399. The Morgan fingerprint density at radius 1 is 0.861 bits per heavy atom. The number of aliphatic hydroxyl groups excluding tert-OH is 2. The number of hydrogen-bond acceptors (Lipinski definition) is 4. The molecule has 0 heterocycles. The zero-order chi connectivity index (χ0) is 26.9. The molecule has 0 radical (unpaired) electrons. The molecule has 0 aliphatic heterocycles. The molecule has 4 rings (SSSR count). The van der Waals surface area contributed by atoms with Crippen molar-refractivity contribution in [1.29, 1.82) is 0 Å². The van der Waals surface area contributed by atoms with Gasteiger partial charge in [0.25, 0.3) is 0 Å². The van der Waals surface area contributed by atoms with Crippen LogP contribution >= 0.6 is 0 Å². The number of fused-ring (bicyclic) bond motifs is 5. The normalized spacial score (nSPS) is 51.0. The van der Waals surface area contributed by atoms with E-state index in [1.54, 1.807) is 0 Å². The van der Waals surface area contributed by atoms with Gasteiger partial charge in [0.2, 0.25) is 5.91 Å². The topological polar surface area (TPSA) is 107 Å². The predicted molar refractivity (Wildman–Crippen MR) is 140 cm³/mol. The molecule has 0 aromatic carbocycles. The van der Waals surface area contributed by atoms with Crippen molar-refractivity contribution < 1.29 is 24.9 Å². The number of carbonyl (C=O) groups is 2. The van der Waals surface area contributed by atoms with Crippen LogP contribution in [0.15, 0.2) is 0 Å². The van der Waals surface area contributed by atoms with Crippen molar-refractivity contribution in [1.82, 2.24) is 5.32 Å². The lowest BCUT2D eigenvalue weighted by Crippen LogP contribution is -2.73. The summed E-state index contributed by atoms with van der Waals surface area (Å²) in [4.78, 5) is 23.0. The minimum Gasteiger partial charge on any atom is -0.480 e. The predicted octanol–water partition coefficient (Wildman–Crippen LogP) is 5.15. The Morgan fingerprint density at radius 3 is 2.14 bits per heavy atom. The first-order valence-corrected chi connectivity index (χ1v) is 14.4. The highest BCUT2D eigenvalue weighted by Crippen LogP contribution is 2.83. The van der Waals surface area contributed by atoms with E-state index in [9.17, 15) is 19.8 Å². The number of hydrogen-bond donors (Lipinski definition) is 4. The lowest BCUT2D eigenvalue weighted by molar-refractivity contribution is -0.315. The Bertz CT molecular complexity index is 908. The van der Waals surface area contributed by atoms with E-state index in [2.05, 4.69) is 53.8 Å². The number of nitrogens with one attached hydrogen (secondary N) is 1. The van der Waals surface area contributed by atoms with Crippen molar-refractivity contribution in [3.8, 4) is 0 Å². The third-order valence-electron chi connectivity index (χ3n) is 14.0. The highest BCUT2D eigenvalue weighted by atomic mass is 16.4. The summed E-state index contributed by atoms with van der Waals surface area (Å²) in [6.07, 6.45) is 8.31. The summed E-state index contributed by atoms with van der Waals surface area (Å²) >= 11 is 0. The van der Waals surface area contributed by atoms with Crippen molar-refractivity contribution in [2.45, 2.75) is 125 Å². The summed E-state index contributed by atoms with van der Waals surface area (Å²) in [6, 6.07) is 0. The van der Waals surface area contributed by atoms with Crippen LogP contribution in [-0.4, -0.2) is 45.9 Å². The van der Waals surface area contributed by atoms with Gasteiger partial charge in [-0.1, -0.05) is 48.5 Å². The second-order valence-electron chi connectivity index (χ2n) is 14.6. The van der Waals surface area contributed by atoms with E-state index in [0.29, 0.717) is 18.8 Å². The maximum atomic E-state index is 12.2. The summed E-state index contributed by atoms with van der Waals surface area (Å²) in [5.74, 6) is -0.649. The molecule has 0 bridgehead atoms. The molecule has 4 fully saturated rings. The lowest BCUT2D eigenvalue weighted by Gasteiger charge is -2.78. The van der Waals surface area contributed by atoms with Crippen molar-refractivity contribution in [2.24, 2.45) is 44.3 Å². The largest absolute Gasteiger partial charge is 0.480 e. The molecule has 206 valence electrons. The molecule has 1 amide bonds. The van der Waals surface area contributed by atoms with Gasteiger partial charge >= 0.3 is 5.97 Å². The van der Waals surface area contributed by atoms with Crippen LogP contribution in [0.5, 0.6) is 0 Å². The monoisotopic (exact) mass is 505 g/mol. The SMILES string of the molecule is C[C@H](CCC(=O)NCC(=O)O)[C@H]1CC[C@]2(C)[C@]1(C)[C@@H](O)C[C@@]1(C)[C@@]2(C)CC[C@]2(C)C[C@H](O)CC[C@@]21C. The smallest absolute Gasteiger partial charge is 0.322 e. The van der Waals surface area contributed by atoms with Crippen molar-refractivity contribution in [3.05, 3.63) is 0 Å². The highest BCUT2D eigenvalue weighted by molar-refractivity contribution is 5.81. The van der Waals surface area contributed by atoms with E-state index in [1.807, 2.05) is 0 Å². The van der Waals surface area contributed by atoms with Crippen LogP contribution in [0.4, 0.5) is 0 Å². The Morgan fingerprint density at radius 2 is 1.50 bits per heavy atom. The average Bonchev–Trinajstić information content (AvgIpc) is 3.09. The third kappa shape index (κ3) is 3.41. The maximum Gasteiger partial charge on any atom is 0.322 e. The van der Waals surface area contributed by atoms with E-state index in [-0.39, 0.29) is 57.0 Å². The van der Waals surface area contributed by atoms with Gasteiger partial charge in [0.1, 0.15) is 6.54 Å². The van der Waals surface area contributed by atoms with E-state index in [1.165, 1.54) is 0 Å². The molecule has 4 aliphatic carbocycles. The van der Waals surface area contributed by atoms with Crippen LogP contribution in [0.3, 0.4) is 0 Å². The molecule has 6 nitrogen and oxygen atoms in total. The van der Waals surface area contributed by atoms with E-state index >= 15 is 0 Å². The molecule has 4 saturated carbocycles. The second kappa shape index (κ2) is 8.69. The molecule has 0 aromatic rings.